The molecule has 0 bridgehead atoms. The van der Waals surface area contributed by atoms with Gasteiger partial charge in [-0.3, -0.25) is 9.59 Å². The molecule has 100 valence electrons. The maximum absolute atomic E-state index is 11.8. The zero-order valence-electron chi connectivity index (χ0n) is 8.92. The summed E-state index contributed by atoms with van der Waals surface area (Å²) in [6.07, 6.45) is -2.01. The van der Waals surface area contributed by atoms with Crippen molar-refractivity contribution in [3.63, 3.8) is 0 Å². The van der Waals surface area contributed by atoms with E-state index in [1.54, 1.807) is 5.32 Å². The second-order valence-electron chi connectivity index (χ2n) is 3.45. The molecule has 1 aromatic rings. The number of aromatic nitrogens is 1. The van der Waals surface area contributed by atoms with E-state index in [1.165, 1.54) is 17.0 Å². The zero-order valence-corrected chi connectivity index (χ0v) is 10.5. The minimum Gasteiger partial charge on any atom is -0.394 e. The maximum atomic E-state index is 11.8. The van der Waals surface area contributed by atoms with Gasteiger partial charge in [0.15, 0.2) is 0 Å². The van der Waals surface area contributed by atoms with Crippen LogP contribution in [0.5, 0.6) is 0 Å². The van der Waals surface area contributed by atoms with Crippen LogP contribution in [0.2, 0.25) is 0 Å². The number of nitrogen functional groups attached to an aromatic ring is 1. The number of hydrogen-bond acceptors (Lipinski definition) is 3. The lowest BCUT2D eigenvalue weighted by Crippen LogP contribution is -2.36. The average molecular weight is 328 g/mol. The van der Waals surface area contributed by atoms with E-state index in [0.29, 0.717) is 0 Å². The second-order valence-corrected chi connectivity index (χ2v) is 4.31. The summed E-state index contributed by atoms with van der Waals surface area (Å²) >= 11 is 2.93. The van der Waals surface area contributed by atoms with Gasteiger partial charge in [0.1, 0.15) is 13.1 Å². The molecule has 18 heavy (non-hydrogen) atoms. The number of nitrogens with one attached hydrogen (secondary N) is 1. The SMILES string of the molecule is Nc1cn(CC(=O)NCC(F)(F)F)cc(Br)c1=O. The summed E-state index contributed by atoms with van der Waals surface area (Å²) in [6.45, 7) is -1.76. The first-order chi connectivity index (χ1) is 8.19. The van der Waals surface area contributed by atoms with E-state index >= 15 is 0 Å². The average Bonchev–Trinajstić information content (AvgIpc) is 2.22. The lowest BCUT2D eigenvalue weighted by molar-refractivity contribution is -0.138. The normalized spacial score (nSPS) is 11.3. The Kier molecular flexibility index (Phi) is 4.38. The molecule has 1 amide bonds. The molecule has 0 aliphatic heterocycles. The second kappa shape index (κ2) is 5.42. The highest BCUT2D eigenvalue weighted by Crippen LogP contribution is 2.12. The van der Waals surface area contributed by atoms with E-state index in [-0.39, 0.29) is 16.7 Å². The predicted octanol–water partition coefficient (Wildman–Crippen LogP) is 0.871. The van der Waals surface area contributed by atoms with Crippen molar-refractivity contribution in [1.82, 2.24) is 9.88 Å². The third-order valence-electron chi connectivity index (χ3n) is 1.88. The molecule has 0 aliphatic carbocycles. The van der Waals surface area contributed by atoms with Crippen LogP contribution in [-0.4, -0.2) is 23.2 Å². The first-order valence-corrected chi connectivity index (χ1v) is 5.47. The van der Waals surface area contributed by atoms with Gasteiger partial charge in [-0.2, -0.15) is 13.2 Å². The summed E-state index contributed by atoms with van der Waals surface area (Å²) in [7, 11) is 0. The fourth-order valence-electron chi connectivity index (χ4n) is 1.13. The third kappa shape index (κ3) is 4.40. The standard InChI is InChI=1S/C9H9BrF3N3O2/c10-5-1-16(2-6(14)8(5)18)3-7(17)15-4-9(11,12)13/h1-2H,3-4,14H2,(H,15,17). The number of carbonyl (C=O) groups excluding carboxylic acids is 1. The number of hydrogen-bond donors (Lipinski definition) is 2. The number of alkyl halides is 3. The number of pyridine rings is 1. The Labute approximate surface area is 108 Å². The summed E-state index contributed by atoms with van der Waals surface area (Å²) < 4.78 is 36.9. The predicted molar refractivity (Wildman–Crippen MR) is 61.9 cm³/mol. The largest absolute Gasteiger partial charge is 0.405 e. The summed E-state index contributed by atoms with van der Waals surface area (Å²) in [4.78, 5) is 22.4. The molecule has 3 N–H and O–H groups in total. The van der Waals surface area contributed by atoms with Crippen LogP contribution in [0.4, 0.5) is 18.9 Å². The number of rotatable bonds is 3. The molecule has 0 aliphatic rings. The molecule has 1 aromatic heterocycles. The number of anilines is 1. The molecular formula is C9H9BrF3N3O2. The Morgan fingerprint density at radius 3 is 2.56 bits per heavy atom. The molecule has 1 rings (SSSR count). The van der Waals surface area contributed by atoms with Crippen LogP contribution in [0, 0.1) is 0 Å². The summed E-state index contributed by atoms with van der Waals surface area (Å²) in [5.74, 6) is -0.831. The Morgan fingerprint density at radius 2 is 2.06 bits per heavy atom. The van der Waals surface area contributed by atoms with E-state index in [9.17, 15) is 22.8 Å². The monoisotopic (exact) mass is 327 g/mol. The molecule has 0 saturated carbocycles. The van der Waals surface area contributed by atoms with E-state index < -0.39 is 24.1 Å². The third-order valence-corrected chi connectivity index (χ3v) is 2.44. The minimum absolute atomic E-state index is 0.104. The van der Waals surface area contributed by atoms with Gasteiger partial charge in [-0.15, -0.1) is 0 Å². The Balaban J connectivity index is 2.68. The summed E-state index contributed by atoms with van der Waals surface area (Å²) in [5.41, 5.74) is 4.82. The highest BCUT2D eigenvalue weighted by atomic mass is 79.9. The molecule has 5 nitrogen and oxygen atoms in total. The van der Waals surface area contributed by atoms with E-state index in [1.807, 2.05) is 0 Å². The van der Waals surface area contributed by atoms with E-state index in [2.05, 4.69) is 15.9 Å². The van der Waals surface area contributed by atoms with Crippen molar-refractivity contribution >= 4 is 27.5 Å². The maximum Gasteiger partial charge on any atom is 0.405 e. The van der Waals surface area contributed by atoms with Crippen molar-refractivity contribution in [1.29, 1.82) is 0 Å². The van der Waals surface area contributed by atoms with Gasteiger partial charge < -0.3 is 15.6 Å². The fraction of sp³-hybridized carbons (Fsp3) is 0.333. The van der Waals surface area contributed by atoms with Crippen LogP contribution in [0.25, 0.3) is 0 Å². The van der Waals surface area contributed by atoms with Gasteiger partial charge in [0.05, 0.1) is 10.2 Å². The fourth-order valence-corrected chi connectivity index (χ4v) is 1.62. The van der Waals surface area contributed by atoms with Gasteiger partial charge in [0.2, 0.25) is 11.3 Å². The van der Waals surface area contributed by atoms with Crippen molar-refractivity contribution in [3.8, 4) is 0 Å². The van der Waals surface area contributed by atoms with Gasteiger partial charge in [-0.05, 0) is 15.9 Å². The Bertz CT molecular complexity index is 487. The van der Waals surface area contributed by atoms with Gasteiger partial charge >= 0.3 is 6.18 Å². The molecule has 0 saturated heterocycles. The quantitative estimate of drug-likeness (QED) is 0.864. The molecule has 9 heteroatoms. The van der Waals surface area contributed by atoms with Gasteiger partial charge in [-0.25, -0.2) is 0 Å². The van der Waals surface area contributed by atoms with Crippen LogP contribution in [0.15, 0.2) is 21.7 Å². The highest BCUT2D eigenvalue weighted by Gasteiger charge is 2.27. The minimum atomic E-state index is -4.46. The van der Waals surface area contributed by atoms with Gasteiger partial charge in [0, 0.05) is 12.4 Å². The van der Waals surface area contributed by atoms with Crippen LogP contribution in [0.3, 0.4) is 0 Å². The van der Waals surface area contributed by atoms with Crippen molar-refractivity contribution in [2.75, 3.05) is 12.3 Å². The number of nitrogens with two attached hydrogens (primary N) is 1. The number of carbonyl (C=O) groups is 1. The molecule has 0 spiro atoms. The zero-order chi connectivity index (χ0) is 13.9. The summed E-state index contributed by atoms with van der Waals surface area (Å²) in [6, 6.07) is 0. The molecule has 0 fully saturated rings. The Morgan fingerprint density at radius 1 is 1.44 bits per heavy atom. The first kappa shape index (κ1) is 14.6. The van der Waals surface area contributed by atoms with Crippen molar-refractivity contribution in [2.24, 2.45) is 0 Å². The Hall–Kier alpha value is -1.51. The molecular weight excluding hydrogens is 319 g/mol. The first-order valence-electron chi connectivity index (χ1n) is 4.67. The lowest BCUT2D eigenvalue weighted by Gasteiger charge is -2.10. The molecule has 0 atom stereocenters. The molecule has 1 heterocycles. The van der Waals surface area contributed by atoms with Crippen molar-refractivity contribution in [2.45, 2.75) is 12.7 Å². The molecule has 0 unspecified atom stereocenters. The van der Waals surface area contributed by atoms with Crippen LogP contribution < -0.4 is 16.5 Å². The number of halogens is 4. The topological polar surface area (TPSA) is 77.1 Å². The van der Waals surface area contributed by atoms with Gasteiger partial charge in [0.25, 0.3) is 0 Å². The van der Waals surface area contributed by atoms with Crippen molar-refractivity contribution < 1.29 is 18.0 Å². The van der Waals surface area contributed by atoms with E-state index in [4.69, 9.17) is 5.73 Å². The molecule has 0 radical (unpaired) electrons. The van der Waals surface area contributed by atoms with Crippen LogP contribution >= 0.6 is 15.9 Å². The van der Waals surface area contributed by atoms with E-state index in [0.717, 1.165) is 0 Å². The van der Waals surface area contributed by atoms with Gasteiger partial charge in [-0.1, -0.05) is 0 Å². The number of nitrogens with zero attached hydrogens (tertiary/aromatic N) is 1. The van der Waals surface area contributed by atoms with Crippen molar-refractivity contribution in [3.05, 3.63) is 27.1 Å². The highest BCUT2D eigenvalue weighted by molar-refractivity contribution is 9.10. The number of amides is 1. The molecule has 0 aromatic carbocycles. The smallest absolute Gasteiger partial charge is 0.394 e. The van der Waals surface area contributed by atoms with Crippen LogP contribution in [0.1, 0.15) is 0 Å². The van der Waals surface area contributed by atoms with Crippen LogP contribution in [-0.2, 0) is 11.3 Å². The lowest BCUT2D eigenvalue weighted by atomic mass is 10.4. The summed E-state index contributed by atoms with van der Waals surface area (Å²) in [5, 5.41) is 1.71.